The molecule has 18 atom stereocenters. The Bertz CT molecular complexity index is 2590. The molecule has 1 N–H and O–H groups in total. The van der Waals surface area contributed by atoms with Crippen LogP contribution in [-0.2, 0) is 73.0 Å². The van der Waals surface area contributed by atoms with Crippen molar-refractivity contribution >= 4 is 40.5 Å². The quantitative estimate of drug-likeness (QED) is 0.0711. The zero-order valence-corrected chi connectivity index (χ0v) is 51.1. The number of aryl methyl sites for hydroxylation is 1. The highest BCUT2D eigenvalue weighted by Gasteiger charge is 2.58. The van der Waals surface area contributed by atoms with Gasteiger partial charge in [-0.05, 0) is 139 Å². The SMILES string of the molecule is CCOC(=O)c1cn(CC)c2ccc(C(C)=COCCO[C@H]3[C@H](C)O[C@@H](O[C@H]4[C@H](C)[C@@H](O[C@@H]5O[C@H](C)C[C@H](N(C)C)[C@H]5OC(C)=O)[C@](C)(O)C[C@@H](C)CN(C)[C@H](C)[C@H]5OC(=O)O[C@]5(C)[C@@H](CC)OC(=O)[C@@H]4C)C[C@@]3(C)OC)cc2c1=O. The van der Waals surface area contributed by atoms with Gasteiger partial charge in [0.2, 0.25) is 5.43 Å². The first kappa shape index (κ1) is 65.4. The zero-order valence-electron chi connectivity index (χ0n) is 51.1. The lowest BCUT2D eigenvalue weighted by molar-refractivity contribution is -0.321. The van der Waals surface area contributed by atoms with Gasteiger partial charge in [0, 0.05) is 57.1 Å². The third kappa shape index (κ3) is 14.8. The van der Waals surface area contributed by atoms with Crippen molar-refractivity contribution in [3.8, 4) is 0 Å². The van der Waals surface area contributed by atoms with E-state index in [1.54, 1.807) is 53.3 Å². The second-order valence-electron chi connectivity index (χ2n) is 23.8. The first-order valence-electron chi connectivity index (χ1n) is 28.8. The van der Waals surface area contributed by atoms with Crippen LogP contribution in [0.15, 0.2) is 35.5 Å². The highest BCUT2D eigenvalue weighted by atomic mass is 16.8. The largest absolute Gasteiger partial charge is 0.509 e. The Morgan fingerprint density at radius 1 is 0.914 bits per heavy atom. The predicted octanol–water partition coefficient (Wildman–Crippen LogP) is 7.27. The standard InChI is InChI=1S/C60H93N3O18/c1-19-46-60(14)52(80-57(68)81-60)38(9)62(17)30-33(4)28-58(12,69)51(79-56-50(76-40(11)64)45(61(15)16)26-35(6)74-56)36(7)49(37(8)54(66)77-46)78-47-29-59(13,70-18)53(39(10)75-47)73-25-24-71-32-34(5)41-22-23-44-42(27-41)48(65)43(31-63(44)20-2)55(67)72-21-3/h22-23,27,31-33,35-39,45-47,49-53,56,69H,19-21,24-26,28-30H2,1-18H3/t33-,35-,36+,37-,38-,39+,45+,46-,47+,49+,50-,51-,52-,53+,56+,58-,59-,60-/m1/s1. The van der Waals surface area contributed by atoms with Gasteiger partial charge in [-0.15, -0.1) is 0 Å². The average molecular weight is 1140 g/mol. The predicted molar refractivity (Wildman–Crippen MR) is 300 cm³/mol. The van der Waals surface area contributed by atoms with Crippen molar-refractivity contribution in [2.24, 2.45) is 17.8 Å². The van der Waals surface area contributed by atoms with E-state index in [0.29, 0.717) is 30.4 Å². The van der Waals surface area contributed by atoms with E-state index >= 15 is 0 Å². The number of hydrogen-bond acceptors (Lipinski definition) is 20. The number of aromatic nitrogens is 1. The number of esters is 3. The summed E-state index contributed by atoms with van der Waals surface area (Å²) in [4.78, 5) is 70.9. The molecule has 4 aliphatic heterocycles. The van der Waals surface area contributed by atoms with Crippen LogP contribution < -0.4 is 5.43 Å². The average Bonchev–Trinajstić information content (AvgIpc) is 3.73. The Morgan fingerprint density at radius 2 is 1.62 bits per heavy atom. The van der Waals surface area contributed by atoms with E-state index in [1.165, 1.54) is 6.92 Å². The third-order valence-corrected chi connectivity index (χ3v) is 17.0. The van der Waals surface area contributed by atoms with Gasteiger partial charge in [0.15, 0.2) is 30.4 Å². The Labute approximate surface area is 478 Å². The molecule has 4 saturated heterocycles. The maximum absolute atomic E-state index is 14.9. The van der Waals surface area contributed by atoms with Crippen LogP contribution in [0.3, 0.4) is 0 Å². The van der Waals surface area contributed by atoms with E-state index < -0.39 is 119 Å². The number of ether oxygens (including phenoxy) is 12. The van der Waals surface area contributed by atoms with E-state index in [1.807, 2.05) is 110 Å². The highest BCUT2D eigenvalue weighted by Crippen LogP contribution is 2.43. The van der Waals surface area contributed by atoms with Crippen molar-refractivity contribution in [1.29, 1.82) is 0 Å². The van der Waals surface area contributed by atoms with Gasteiger partial charge in [-0.1, -0.05) is 26.8 Å². The van der Waals surface area contributed by atoms with Crippen LogP contribution in [0.2, 0.25) is 0 Å². The molecule has 456 valence electrons. The number of aliphatic hydroxyl groups is 1. The number of nitrogens with zero attached hydrogens (tertiary/aromatic N) is 3. The smallest absolute Gasteiger partial charge is 0.498 e. The monoisotopic (exact) mass is 1140 g/mol. The topological polar surface area (TPSA) is 228 Å². The number of fused-ring (bicyclic) bond motifs is 2. The molecule has 0 unspecified atom stereocenters. The molecular formula is C60H93N3O18. The summed E-state index contributed by atoms with van der Waals surface area (Å²) in [5.74, 6) is -3.93. The lowest BCUT2D eigenvalue weighted by atomic mass is 9.77. The molecule has 0 saturated carbocycles. The van der Waals surface area contributed by atoms with Gasteiger partial charge in [-0.25, -0.2) is 9.59 Å². The summed E-state index contributed by atoms with van der Waals surface area (Å²) < 4.78 is 77.2. The molecule has 6 rings (SSSR count). The number of cyclic esters (lactones) is 1. The first-order valence-corrected chi connectivity index (χ1v) is 28.8. The summed E-state index contributed by atoms with van der Waals surface area (Å²) in [6, 6.07) is 4.79. The first-order chi connectivity index (χ1) is 38.0. The maximum Gasteiger partial charge on any atom is 0.509 e. The van der Waals surface area contributed by atoms with E-state index in [9.17, 15) is 29.1 Å². The molecule has 0 amide bonds. The van der Waals surface area contributed by atoms with Gasteiger partial charge < -0.3 is 71.4 Å². The van der Waals surface area contributed by atoms with Gasteiger partial charge in [-0.3, -0.25) is 19.3 Å². The zero-order chi connectivity index (χ0) is 60.1. The molecule has 21 heteroatoms. The van der Waals surface area contributed by atoms with E-state index in [0.717, 1.165) is 11.1 Å². The number of pyridine rings is 1. The summed E-state index contributed by atoms with van der Waals surface area (Å²) in [6.07, 6.45) is -5.16. The van der Waals surface area contributed by atoms with Crippen molar-refractivity contribution in [2.45, 2.75) is 219 Å². The summed E-state index contributed by atoms with van der Waals surface area (Å²) in [6.45, 7) is 26.7. The minimum absolute atomic E-state index is 0.0267. The number of allylic oxidation sites excluding steroid dienone is 1. The fraction of sp³-hybridized carbons (Fsp3) is 0.750. The Balaban J connectivity index is 1.28. The molecule has 21 nitrogen and oxygen atoms in total. The third-order valence-electron chi connectivity index (χ3n) is 17.0. The molecule has 5 heterocycles. The maximum atomic E-state index is 14.9. The summed E-state index contributed by atoms with van der Waals surface area (Å²) in [7, 11) is 7.29. The van der Waals surface area contributed by atoms with Gasteiger partial charge in [0.05, 0.1) is 72.6 Å². The summed E-state index contributed by atoms with van der Waals surface area (Å²) >= 11 is 0. The normalized spacial score (nSPS) is 36.6. The highest BCUT2D eigenvalue weighted by molar-refractivity contribution is 5.94. The molecule has 1 aromatic heterocycles. The van der Waals surface area contributed by atoms with E-state index in [4.69, 9.17) is 56.8 Å². The number of hydrogen-bond donors (Lipinski definition) is 1. The molecule has 0 radical (unpaired) electrons. The summed E-state index contributed by atoms with van der Waals surface area (Å²) in [5, 5.41) is 13.4. The van der Waals surface area contributed by atoms with Crippen LogP contribution in [0, 0.1) is 17.8 Å². The van der Waals surface area contributed by atoms with Crippen molar-refractivity contribution in [3.63, 3.8) is 0 Å². The number of rotatable bonds is 17. The van der Waals surface area contributed by atoms with Crippen molar-refractivity contribution < 1.29 is 81.1 Å². The van der Waals surface area contributed by atoms with Crippen LogP contribution in [0.25, 0.3) is 16.5 Å². The minimum Gasteiger partial charge on any atom is -0.498 e. The molecule has 2 aromatic rings. The molecule has 0 spiro atoms. The summed E-state index contributed by atoms with van der Waals surface area (Å²) in [5.41, 5.74) is -2.28. The molecular weight excluding hydrogens is 1050 g/mol. The lowest BCUT2D eigenvalue weighted by Gasteiger charge is -2.49. The second-order valence-corrected chi connectivity index (χ2v) is 23.8. The van der Waals surface area contributed by atoms with Gasteiger partial charge in [0.1, 0.15) is 24.4 Å². The number of likely N-dealkylation sites (N-methyl/N-ethyl adjacent to an activating group) is 2. The molecule has 4 fully saturated rings. The van der Waals surface area contributed by atoms with Crippen LogP contribution in [0.4, 0.5) is 4.79 Å². The van der Waals surface area contributed by atoms with Crippen LogP contribution in [0.5, 0.6) is 0 Å². The number of benzene rings is 1. The molecule has 4 aliphatic rings. The Morgan fingerprint density at radius 3 is 2.25 bits per heavy atom. The molecule has 81 heavy (non-hydrogen) atoms. The Hall–Kier alpha value is -4.71. The van der Waals surface area contributed by atoms with Crippen molar-refractivity contribution in [1.82, 2.24) is 14.4 Å². The van der Waals surface area contributed by atoms with Crippen LogP contribution in [-0.4, -0.2) is 188 Å². The van der Waals surface area contributed by atoms with Gasteiger partial charge in [-0.2, -0.15) is 0 Å². The molecule has 0 bridgehead atoms. The van der Waals surface area contributed by atoms with Gasteiger partial charge >= 0.3 is 24.1 Å². The fourth-order valence-electron chi connectivity index (χ4n) is 12.7. The fourth-order valence-corrected chi connectivity index (χ4v) is 12.7. The molecule has 1 aromatic carbocycles. The van der Waals surface area contributed by atoms with Crippen LogP contribution in [0.1, 0.15) is 139 Å². The number of carbonyl (C=O) groups excluding carboxylic acids is 4. The number of methoxy groups -OCH3 is 1. The van der Waals surface area contributed by atoms with Crippen molar-refractivity contribution in [2.75, 3.05) is 54.6 Å². The minimum atomic E-state index is -1.64. The van der Waals surface area contributed by atoms with E-state index in [2.05, 4.69) is 0 Å². The number of carbonyl (C=O) groups is 4. The lowest BCUT2D eigenvalue weighted by Crippen LogP contribution is -2.61. The molecule has 0 aliphatic carbocycles. The van der Waals surface area contributed by atoms with Gasteiger partial charge in [0.25, 0.3) is 0 Å². The Kier molecular flexibility index (Phi) is 22.1. The van der Waals surface area contributed by atoms with Crippen LogP contribution >= 0.6 is 0 Å². The second kappa shape index (κ2) is 27.3. The van der Waals surface area contributed by atoms with Crippen molar-refractivity contribution in [3.05, 3.63) is 52.0 Å². The van der Waals surface area contributed by atoms with E-state index in [-0.39, 0.29) is 62.7 Å².